The molecule has 1 spiro atoms. The zero-order chi connectivity index (χ0) is 8.89. The van der Waals surface area contributed by atoms with Crippen LogP contribution in [0.2, 0.25) is 0 Å². The van der Waals surface area contributed by atoms with Gasteiger partial charge in [-0.15, -0.1) is 0 Å². The standard InChI is InChI=1S/C11H15NO/c1-8-6-9-2-3-11(10(9)13-8)4-5-12-7-11/h6,12H,2-5,7H2,1H3. The summed E-state index contributed by atoms with van der Waals surface area (Å²) < 4.78 is 5.82. The van der Waals surface area contributed by atoms with Crippen molar-refractivity contribution in [3.63, 3.8) is 0 Å². The van der Waals surface area contributed by atoms with E-state index in [9.17, 15) is 0 Å². The van der Waals surface area contributed by atoms with E-state index in [1.807, 2.05) is 0 Å². The lowest BCUT2D eigenvalue weighted by Gasteiger charge is -2.20. The number of aryl methyl sites for hydroxylation is 2. The molecule has 2 nitrogen and oxygen atoms in total. The zero-order valence-corrected chi connectivity index (χ0v) is 8.02. The van der Waals surface area contributed by atoms with Crippen LogP contribution >= 0.6 is 0 Å². The van der Waals surface area contributed by atoms with Gasteiger partial charge in [-0.3, -0.25) is 0 Å². The average molecular weight is 177 g/mol. The van der Waals surface area contributed by atoms with Crippen LogP contribution in [0.3, 0.4) is 0 Å². The van der Waals surface area contributed by atoms with Crippen molar-refractivity contribution in [2.45, 2.75) is 31.6 Å². The lowest BCUT2D eigenvalue weighted by Crippen LogP contribution is -2.25. The normalized spacial score (nSPS) is 31.5. The second-order valence-corrected chi connectivity index (χ2v) is 4.42. The van der Waals surface area contributed by atoms with Crippen molar-refractivity contribution in [1.82, 2.24) is 5.32 Å². The lowest BCUT2D eigenvalue weighted by molar-refractivity contribution is 0.354. The molecule has 1 aliphatic heterocycles. The van der Waals surface area contributed by atoms with Crippen LogP contribution in [0.4, 0.5) is 0 Å². The summed E-state index contributed by atoms with van der Waals surface area (Å²) in [6.45, 7) is 4.32. The second-order valence-electron chi connectivity index (χ2n) is 4.42. The number of hydrogen-bond acceptors (Lipinski definition) is 2. The van der Waals surface area contributed by atoms with Gasteiger partial charge in [0.25, 0.3) is 0 Å². The number of hydrogen-bond donors (Lipinski definition) is 1. The first kappa shape index (κ1) is 7.63. The molecule has 3 rings (SSSR count). The van der Waals surface area contributed by atoms with Crippen molar-refractivity contribution < 1.29 is 4.42 Å². The largest absolute Gasteiger partial charge is 0.465 e. The SMILES string of the molecule is Cc1cc2c(o1)C1(CCNC1)CC2. The predicted molar refractivity (Wildman–Crippen MR) is 50.9 cm³/mol. The maximum absolute atomic E-state index is 5.82. The van der Waals surface area contributed by atoms with E-state index in [0.29, 0.717) is 5.41 Å². The molecule has 1 atom stereocenters. The van der Waals surface area contributed by atoms with Crippen LogP contribution in [0.25, 0.3) is 0 Å². The Hall–Kier alpha value is -0.760. The van der Waals surface area contributed by atoms with E-state index >= 15 is 0 Å². The van der Waals surface area contributed by atoms with Gasteiger partial charge >= 0.3 is 0 Å². The molecule has 1 N–H and O–H groups in total. The molecule has 1 fully saturated rings. The summed E-state index contributed by atoms with van der Waals surface area (Å²) in [6, 6.07) is 2.21. The highest BCUT2D eigenvalue weighted by Gasteiger charge is 2.44. The van der Waals surface area contributed by atoms with E-state index in [2.05, 4.69) is 18.3 Å². The van der Waals surface area contributed by atoms with Gasteiger partial charge in [-0.25, -0.2) is 0 Å². The zero-order valence-electron chi connectivity index (χ0n) is 8.02. The third kappa shape index (κ3) is 0.923. The van der Waals surface area contributed by atoms with Crippen LogP contribution < -0.4 is 5.32 Å². The molecule has 0 bridgehead atoms. The Morgan fingerprint density at radius 1 is 1.46 bits per heavy atom. The van der Waals surface area contributed by atoms with Gasteiger partial charge in [0.15, 0.2) is 0 Å². The second kappa shape index (κ2) is 2.38. The maximum Gasteiger partial charge on any atom is 0.114 e. The monoisotopic (exact) mass is 177 g/mol. The van der Waals surface area contributed by atoms with Crippen molar-refractivity contribution in [3.8, 4) is 0 Å². The fourth-order valence-corrected chi connectivity index (χ4v) is 2.84. The van der Waals surface area contributed by atoms with Gasteiger partial charge in [-0.1, -0.05) is 0 Å². The van der Waals surface area contributed by atoms with Gasteiger partial charge in [-0.05, 0) is 44.4 Å². The van der Waals surface area contributed by atoms with E-state index < -0.39 is 0 Å². The molecule has 0 saturated carbocycles. The minimum absolute atomic E-state index is 0.365. The van der Waals surface area contributed by atoms with Crippen LogP contribution in [0, 0.1) is 6.92 Å². The van der Waals surface area contributed by atoms with Crippen molar-refractivity contribution in [2.24, 2.45) is 0 Å². The molecule has 2 heteroatoms. The Morgan fingerprint density at radius 3 is 3.15 bits per heavy atom. The Kier molecular flexibility index (Phi) is 1.40. The lowest BCUT2D eigenvalue weighted by atomic mass is 9.85. The van der Waals surface area contributed by atoms with E-state index in [1.54, 1.807) is 0 Å². The van der Waals surface area contributed by atoms with Crippen LogP contribution in [0.5, 0.6) is 0 Å². The molecule has 0 aromatic carbocycles. The molecule has 0 amide bonds. The summed E-state index contributed by atoms with van der Waals surface area (Å²) in [5.74, 6) is 2.37. The molecule has 13 heavy (non-hydrogen) atoms. The highest BCUT2D eigenvalue weighted by atomic mass is 16.3. The molecule has 1 aliphatic carbocycles. The molecule has 1 aromatic rings. The molecular weight excluding hydrogens is 162 g/mol. The number of nitrogens with one attached hydrogen (secondary N) is 1. The highest BCUT2D eigenvalue weighted by molar-refractivity contribution is 5.35. The molecule has 2 heterocycles. The van der Waals surface area contributed by atoms with Crippen LogP contribution in [-0.4, -0.2) is 13.1 Å². The van der Waals surface area contributed by atoms with Crippen molar-refractivity contribution in [3.05, 3.63) is 23.2 Å². The molecule has 1 saturated heterocycles. The first-order chi connectivity index (χ1) is 6.30. The molecular formula is C11H15NO. The van der Waals surface area contributed by atoms with Gasteiger partial charge < -0.3 is 9.73 Å². The third-order valence-electron chi connectivity index (χ3n) is 3.53. The van der Waals surface area contributed by atoms with Gasteiger partial charge in [-0.2, -0.15) is 0 Å². The molecule has 70 valence electrons. The Morgan fingerprint density at radius 2 is 2.38 bits per heavy atom. The fourth-order valence-electron chi connectivity index (χ4n) is 2.84. The summed E-state index contributed by atoms with van der Waals surface area (Å²) in [5.41, 5.74) is 1.82. The highest BCUT2D eigenvalue weighted by Crippen LogP contribution is 2.44. The Labute approximate surface area is 78.3 Å². The average Bonchev–Trinajstić information content (AvgIpc) is 2.73. The smallest absolute Gasteiger partial charge is 0.114 e. The molecule has 1 unspecified atom stereocenters. The van der Waals surface area contributed by atoms with Crippen LogP contribution in [0.15, 0.2) is 10.5 Å². The fraction of sp³-hybridized carbons (Fsp3) is 0.636. The van der Waals surface area contributed by atoms with Crippen molar-refractivity contribution >= 4 is 0 Å². The van der Waals surface area contributed by atoms with Crippen molar-refractivity contribution in [1.29, 1.82) is 0 Å². The topological polar surface area (TPSA) is 25.2 Å². The molecule has 0 radical (unpaired) electrons. The number of fused-ring (bicyclic) bond motifs is 2. The molecule has 1 aromatic heterocycles. The minimum Gasteiger partial charge on any atom is -0.465 e. The summed E-state index contributed by atoms with van der Waals surface area (Å²) in [4.78, 5) is 0. The van der Waals surface area contributed by atoms with Gasteiger partial charge in [0.05, 0.1) is 0 Å². The van der Waals surface area contributed by atoms with E-state index in [1.165, 1.54) is 30.6 Å². The molecule has 2 aliphatic rings. The first-order valence-corrected chi connectivity index (χ1v) is 5.11. The maximum atomic E-state index is 5.82. The summed E-state index contributed by atoms with van der Waals surface area (Å²) in [5, 5.41) is 3.45. The number of rotatable bonds is 0. The third-order valence-corrected chi connectivity index (χ3v) is 3.53. The Bertz CT molecular complexity index is 334. The minimum atomic E-state index is 0.365. The summed E-state index contributed by atoms with van der Waals surface area (Å²) in [7, 11) is 0. The van der Waals surface area contributed by atoms with E-state index in [0.717, 1.165) is 18.8 Å². The van der Waals surface area contributed by atoms with Gasteiger partial charge in [0.1, 0.15) is 11.5 Å². The Balaban J connectivity index is 2.09. The number of furan rings is 1. The van der Waals surface area contributed by atoms with Crippen LogP contribution in [-0.2, 0) is 11.8 Å². The quantitative estimate of drug-likeness (QED) is 0.653. The van der Waals surface area contributed by atoms with Gasteiger partial charge in [0.2, 0.25) is 0 Å². The first-order valence-electron chi connectivity index (χ1n) is 5.11. The van der Waals surface area contributed by atoms with E-state index in [4.69, 9.17) is 4.42 Å². The van der Waals surface area contributed by atoms with Crippen LogP contribution in [0.1, 0.15) is 29.9 Å². The summed E-state index contributed by atoms with van der Waals surface area (Å²) in [6.07, 6.45) is 3.76. The van der Waals surface area contributed by atoms with Gasteiger partial charge in [0, 0.05) is 12.0 Å². The van der Waals surface area contributed by atoms with E-state index in [-0.39, 0.29) is 0 Å². The van der Waals surface area contributed by atoms with Crippen molar-refractivity contribution in [2.75, 3.05) is 13.1 Å². The summed E-state index contributed by atoms with van der Waals surface area (Å²) >= 11 is 0. The predicted octanol–water partition coefficient (Wildman–Crippen LogP) is 1.77.